The first-order chi connectivity index (χ1) is 11.0. The third-order valence-corrected chi connectivity index (χ3v) is 3.77. The van der Waals surface area contributed by atoms with E-state index in [1.165, 1.54) is 0 Å². The number of fused-ring (bicyclic) bond motifs is 1. The van der Waals surface area contributed by atoms with Gasteiger partial charge in [0.15, 0.2) is 0 Å². The number of imidazole rings is 1. The van der Waals surface area contributed by atoms with Crippen molar-refractivity contribution in [2.75, 3.05) is 5.32 Å². The van der Waals surface area contributed by atoms with E-state index in [0.29, 0.717) is 12.3 Å². The summed E-state index contributed by atoms with van der Waals surface area (Å²) in [7, 11) is 0. The standard InChI is InChI=1S/C19H21N3O/c1-12(2)10-18(23)20-17-11-14(9-8-13(17)3)19-21-15-6-4-5-7-16(15)22-19/h4-9,11-12H,10H2,1-3H3,(H,20,23)(H,21,22). The van der Waals surface area contributed by atoms with E-state index >= 15 is 0 Å². The first kappa shape index (κ1) is 15.3. The van der Waals surface area contributed by atoms with Crippen LogP contribution in [0.15, 0.2) is 42.5 Å². The molecule has 1 heterocycles. The van der Waals surface area contributed by atoms with Gasteiger partial charge in [-0.3, -0.25) is 4.79 Å². The minimum Gasteiger partial charge on any atom is -0.338 e. The van der Waals surface area contributed by atoms with Crippen molar-refractivity contribution in [2.45, 2.75) is 27.2 Å². The second-order valence-corrected chi connectivity index (χ2v) is 6.28. The zero-order chi connectivity index (χ0) is 16.4. The zero-order valence-corrected chi connectivity index (χ0v) is 13.7. The van der Waals surface area contributed by atoms with E-state index in [9.17, 15) is 4.79 Å². The molecule has 0 bridgehead atoms. The summed E-state index contributed by atoms with van der Waals surface area (Å²) in [4.78, 5) is 20.0. The van der Waals surface area contributed by atoms with Gasteiger partial charge in [-0.05, 0) is 36.6 Å². The Morgan fingerprint density at radius 3 is 2.74 bits per heavy atom. The number of nitrogens with zero attached hydrogens (tertiary/aromatic N) is 1. The van der Waals surface area contributed by atoms with Gasteiger partial charge < -0.3 is 10.3 Å². The number of aromatic amines is 1. The van der Waals surface area contributed by atoms with E-state index in [1.54, 1.807) is 0 Å². The van der Waals surface area contributed by atoms with Crippen molar-refractivity contribution in [3.63, 3.8) is 0 Å². The van der Waals surface area contributed by atoms with Gasteiger partial charge in [-0.2, -0.15) is 0 Å². The van der Waals surface area contributed by atoms with Crippen LogP contribution in [0.2, 0.25) is 0 Å². The molecule has 1 amide bonds. The minimum atomic E-state index is 0.0462. The van der Waals surface area contributed by atoms with Gasteiger partial charge in [0.05, 0.1) is 11.0 Å². The molecule has 118 valence electrons. The van der Waals surface area contributed by atoms with E-state index in [-0.39, 0.29) is 5.91 Å². The molecule has 0 saturated heterocycles. The lowest BCUT2D eigenvalue weighted by Gasteiger charge is -2.11. The highest BCUT2D eigenvalue weighted by molar-refractivity contribution is 5.92. The molecule has 4 heteroatoms. The SMILES string of the molecule is Cc1ccc(-c2nc3ccccc3[nH]2)cc1NC(=O)CC(C)C. The highest BCUT2D eigenvalue weighted by Crippen LogP contribution is 2.25. The fourth-order valence-electron chi connectivity index (χ4n) is 2.57. The maximum Gasteiger partial charge on any atom is 0.224 e. The van der Waals surface area contributed by atoms with Crippen molar-refractivity contribution in [1.29, 1.82) is 0 Å². The molecule has 1 aromatic heterocycles. The summed E-state index contributed by atoms with van der Waals surface area (Å²) in [5, 5.41) is 3.00. The van der Waals surface area contributed by atoms with Crippen LogP contribution in [0, 0.1) is 12.8 Å². The summed E-state index contributed by atoms with van der Waals surface area (Å²) in [6.45, 7) is 6.07. The van der Waals surface area contributed by atoms with Crippen molar-refractivity contribution in [3.05, 3.63) is 48.0 Å². The van der Waals surface area contributed by atoms with Crippen LogP contribution in [-0.4, -0.2) is 15.9 Å². The van der Waals surface area contributed by atoms with E-state index in [2.05, 4.69) is 15.3 Å². The molecule has 3 rings (SSSR count). The van der Waals surface area contributed by atoms with Crippen LogP contribution in [0.1, 0.15) is 25.8 Å². The van der Waals surface area contributed by atoms with E-state index in [4.69, 9.17) is 0 Å². The van der Waals surface area contributed by atoms with E-state index < -0.39 is 0 Å². The molecular weight excluding hydrogens is 286 g/mol. The fourth-order valence-corrected chi connectivity index (χ4v) is 2.57. The van der Waals surface area contributed by atoms with E-state index in [1.807, 2.05) is 63.2 Å². The summed E-state index contributed by atoms with van der Waals surface area (Å²) in [5.41, 5.74) is 4.80. The number of benzene rings is 2. The van der Waals surface area contributed by atoms with Gasteiger partial charge in [0.1, 0.15) is 5.82 Å². The van der Waals surface area contributed by atoms with Crippen LogP contribution < -0.4 is 5.32 Å². The Kier molecular flexibility index (Phi) is 4.15. The molecule has 2 aromatic carbocycles. The van der Waals surface area contributed by atoms with Crippen LogP contribution in [0.25, 0.3) is 22.4 Å². The first-order valence-electron chi connectivity index (χ1n) is 7.88. The Morgan fingerprint density at radius 1 is 1.22 bits per heavy atom. The van der Waals surface area contributed by atoms with Gasteiger partial charge in [0, 0.05) is 17.7 Å². The van der Waals surface area contributed by atoms with Gasteiger partial charge in [0.25, 0.3) is 0 Å². The van der Waals surface area contributed by atoms with Crippen LogP contribution in [0.4, 0.5) is 5.69 Å². The molecule has 0 saturated carbocycles. The quantitative estimate of drug-likeness (QED) is 0.744. The van der Waals surface area contributed by atoms with Crippen LogP contribution in [-0.2, 0) is 4.79 Å². The van der Waals surface area contributed by atoms with Gasteiger partial charge in [-0.15, -0.1) is 0 Å². The molecule has 23 heavy (non-hydrogen) atoms. The molecule has 2 N–H and O–H groups in total. The highest BCUT2D eigenvalue weighted by atomic mass is 16.1. The number of carbonyl (C=O) groups excluding carboxylic acids is 1. The van der Waals surface area contributed by atoms with Crippen LogP contribution >= 0.6 is 0 Å². The average Bonchev–Trinajstić information content (AvgIpc) is 2.92. The second kappa shape index (κ2) is 6.24. The van der Waals surface area contributed by atoms with Gasteiger partial charge in [0.2, 0.25) is 5.91 Å². The number of aromatic nitrogens is 2. The number of amides is 1. The largest absolute Gasteiger partial charge is 0.338 e. The van der Waals surface area contributed by atoms with Crippen LogP contribution in [0.5, 0.6) is 0 Å². The number of anilines is 1. The molecule has 0 atom stereocenters. The highest BCUT2D eigenvalue weighted by Gasteiger charge is 2.10. The summed E-state index contributed by atoms with van der Waals surface area (Å²) < 4.78 is 0. The fraction of sp³-hybridized carbons (Fsp3) is 0.263. The Labute approximate surface area is 136 Å². The van der Waals surface area contributed by atoms with Crippen molar-refractivity contribution in [2.24, 2.45) is 5.92 Å². The summed E-state index contributed by atoms with van der Waals surface area (Å²) in [6, 6.07) is 13.9. The summed E-state index contributed by atoms with van der Waals surface area (Å²) in [5.74, 6) is 1.20. The molecule has 3 aromatic rings. The third kappa shape index (κ3) is 3.42. The number of hydrogen-bond acceptors (Lipinski definition) is 2. The smallest absolute Gasteiger partial charge is 0.224 e. The van der Waals surface area contributed by atoms with Crippen molar-refractivity contribution >= 4 is 22.6 Å². The minimum absolute atomic E-state index is 0.0462. The Hall–Kier alpha value is -2.62. The van der Waals surface area contributed by atoms with Gasteiger partial charge in [-0.25, -0.2) is 4.98 Å². The van der Waals surface area contributed by atoms with E-state index in [0.717, 1.165) is 33.7 Å². The third-order valence-electron chi connectivity index (χ3n) is 3.77. The molecule has 0 radical (unpaired) electrons. The monoisotopic (exact) mass is 307 g/mol. The number of aryl methyl sites for hydroxylation is 1. The molecule has 0 aliphatic carbocycles. The Morgan fingerprint density at radius 2 is 2.00 bits per heavy atom. The predicted octanol–water partition coefficient (Wildman–Crippen LogP) is 4.52. The van der Waals surface area contributed by atoms with Crippen LogP contribution in [0.3, 0.4) is 0 Å². The first-order valence-corrected chi connectivity index (χ1v) is 7.88. The molecular formula is C19H21N3O. The zero-order valence-electron chi connectivity index (χ0n) is 13.7. The molecule has 0 unspecified atom stereocenters. The predicted molar refractivity (Wildman–Crippen MR) is 94.4 cm³/mol. The number of carbonyl (C=O) groups is 1. The summed E-state index contributed by atoms with van der Waals surface area (Å²) in [6.07, 6.45) is 0.522. The lowest BCUT2D eigenvalue weighted by Crippen LogP contribution is -2.14. The van der Waals surface area contributed by atoms with Gasteiger partial charge in [-0.1, -0.05) is 38.1 Å². The Balaban J connectivity index is 1.91. The number of rotatable bonds is 4. The second-order valence-electron chi connectivity index (χ2n) is 6.28. The molecule has 4 nitrogen and oxygen atoms in total. The average molecular weight is 307 g/mol. The van der Waals surface area contributed by atoms with Crippen molar-refractivity contribution < 1.29 is 4.79 Å². The molecule has 0 fully saturated rings. The van der Waals surface area contributed by atoms with Crippen molar-refractivity contribution in [1.82, 2.24) is 9.97 Å². The lowest BCUT2D eigenvalue weighted by molar-refractivity contribution is -0.116. The molecule has 0 aliphatic rings. The number of para-hydroxylation sites is 2. The molecule has 0 aliphatic heterocycles. The Bertz CT molecular complexity index is 816. The number of hydrogen-bond donors (Lipinski definition) is 2. The number of nitrogens with one attached hydrogen (secondary N) is 2. The van der Waals surface area contributed by atoms with Gasteiger partial charge >= 0.3 is 0 Å². The molecule has 0 spiro atoms. The number of H-pyrrole nitrogens is 1. The topological polar surface area (TPSA) is 57.8 Å². The lowest BCUT2D eigenvalue weighted by atomic mass is 10.1. The maximum atomic E-state index is 12.0. The normalized spacial score (nSPS) is 11.1. The van der Waals surface area contributed by atoms with Crippen molar-refractivity contribution in [3.8, 4) is 11.4 Å². The maximum absolute atomic E-state index is 12.0. The summed E-state index contributed by atoms with van der Waals surface area (Å²) >= 11 is 0.